The lowest BCUT2D eigenvalue weighted by atomic mass is 10.5. The highest BCUT2D eigenvalue weighted by molar-refractivity contribution is 4.42. The third-order valence-electron chi connectivity index (χ3n) is 1.11. The first-order valence-corrected chi connectivity index (χ1v) is 4.07. The van der Waals surface area contributed by atoms with E-state index >= 15 is 0 Å². The van der Waals surface area contributed by atoms with Crippen LogP contribution in [0.4, 0.5) is 13.2 Å². The van der Waals surface area contributed by atoms with Gasteiger partial charge in [0.05, 0.1) is 13.2 Å². The van der Waals surface area contributed by atoms with Crippen molar-refractivity contribution in [1.82, 2.24) is 5.48 Å². The molecule has 3 nitrogen and oxygen atoms in total. The number of ether oxygens (including phenoxy) is 1. The summed E-state index contributed by atoms with van der Waals surface area (Å²) in [6.45, 7) is 2.46. The van der Waals surface area contributed by atoms with Gasteiger partial charge in [-0.3, -0.25) is 4.84 Å². The summed E-state index contributed by atoms with van der Waals surface area (Å²) in [6, 6.07) is 0. The van der Waals surface area contributed by atoms with E-state index < -0.39 is 12.8 Å². The summed E-state index contributed by atoms with van der Waals surface area (Å²) in [5.41, 5.74) is 2.55. The van der Waals surface area contributed by atoms with Crippen molar-refractivity contribution in [3.63, 3.8) is 0 Å². The van der Waals surface area contributed by atoms with Crippen LogP contribution in [0.2, 0.25) is 0 Å². The summed E-state index contributed by atoms with van der Waals surface area (Å²) in [7, 11) is 0. The van der Waals surface area contributed by atoms with E-state index in [0.29, 0.717) is 6.54 Å². The SMILES string of the molecule is CCCNOCCOC(F)C(F)F. The van der Waals surface area contributed by atoms with Gasteiger partial charge in [0.1, 0.15) is 0 Å². The minimum absolute atomic E-state index is 0.0487. The molecule has 1 atom stereocenters. The number of halogens is 3. The van der Waals surface area contributed by atoms with Gasteiger partial charge in [-0.15, -0.1) is 0 Å². The molecule has 13 heavy (non-hydrogen) atoms. The summed E-state index contributed by atoms with van der Waals surface area (Å²) in [6.07, 6.45) is -4.72. The van der Waals surface area contributed by atoms with E-state index in [1.165, 1.54) is 0 Å². The van der Waals surface area contributed by atoms with Gasteiger partial charge in [0.2, 0.25) is 0 Å². The smallest absolute Gasteiger partial charge is 0.293 e. The Kier molecular flexibility index (Phi) is 8.07. The van der Waals surface area contributed by atoms with E-state index in [1.54, 1.807) is 0 Å². The molecule has 0 aromatic rings. The average Bonchev–Trinajstić information content (AvgIpc) is 2.10. The van der Waals surface area contributed by atoms with Crippen molar-refractivity contribution in [2.75, 3.05) is 19.8 Å². The van der Waals surface area contributed by atoms with Crippen LogP contribution in [0.25, 0.3) is 0 Å². The minimum atomic E-state index is -3.09. The molecule has 0 aromatic heterocycles. The van der Waals surface area contributed by atoms with Crippen LogP contribution in [0.15, 0.2) is 0 Å². The maximum atomic E-state index is 12.1. The fraction of sp³-hybridized carbons (Fsp3) is 1.00. The fourth-order valence-corrected chi connectivity index (χ4v) is 0.522. The molecular formula is C7H14F3NO2. The van der Waals surface area contributed by atoms with Crippen molar-refractivity contribution in [2.24, 2.45) is 0 Å². The predicted molar refractivity (Wildman–Crippen MR) is 41.1 cm³/mol. The molecule has 1 unspecified atom stereocenters. The van der Waals surface area contributed by atoms with Gasteiger partial charge in [-0.25, -0.2) is 18.7 Å². The van der Waals surface area contributed by atoms with Gasteiger partial charge in [-0.05, 0) is 6.42 Å². The first-order chi connectivity index (χ1) is 6.18. The Balaban J connectivity index is 3.07. The Morgan fingerprint density at radius 2 is 1.92 bits per heavy atom. The largest absolute Gasteiger partial charge is 0.341 e. The van der Waals surface area contributed by atoms with Gasteiger partial charge < -0.3 is 4.74 Å². The summed E-state index contributed by atoms with van der Waals surface area (Å²) in [4.78, 5) is 4.72. The molecule has 0 aliphatic heterocycles. The van der Waals surface area contributed by atoms with Crippen molar-refractivity contribution in [1.29, 1.82) is 0 Å². The number of nitrogens with one attached hydrogen (secondary N) is 1. The Morgan fingerprint density at radius 3 is 2.46 bits per heavy atom. The highest BCUT2D eigenvalue weighted by Crippen LogP contribution is 2.05. The predicted octanol–water partition coefficient (Wildman–Crippen LogP) is 1.49. The molecule has 0 amide bonds. The lowest BCUT2D eigenvalue weighted by Crippen LogP contribution is -2.22. The van der Waals surface area contributed by atoms with Crippen LogP contribution in [0.5, 0.6) is 0 Å². The first kappa shape index (κ1) is 12.7. The molecule has 0 aliphatic carbocycles. The molecule has 0 fully saturated rings. The maximum Gasteiger partial charge on any atom is 0.293 e. The molecule has 0 rings (SSSR count). The van der Waals surface area contributed by atoms with Crippen molar-refractivity contribution >= 4 is 0 Å². The van der Waals surface area contributed by atoms with Crippen LogP contribution in [0.3, 0.4) is 0 Å². The van der Waals surface area contributed by atoms with E-state index in [2.05, 4.69) is 10.2 Å². The molecule has 80 valence electrons. The van der Waals surface area contributed by atoms with E-state index in [4.69, 9.17) is 4.84 Å². The molecule has 0 spiro atoms. The van der Waals surface area contributed by atoms with Crippen LogP contribution >= 0.6 is 0 Å². The zero-order valence-corrected chi connectivity index (χ0v) is 7.43. The van der Waals surface area contributed by atoms with E-state index in [-0.39, 0.29) is 13.2 Å². The van der Waals surface area contributed by atoms with E-state index in [9.17, 15) is 13.2 Å². The van der Waals surface area contributed by atoms with Gasteiger partial charge in [0.25, 0.3) is 12.8 Å². The molecule has 0 radical (unpaired) electrons. The van der Waals surface area contributed by atoms with Crippen molar-refractivity contribution in [3.05, 3.63) is 0 Å². The molecule has 0 bridgehead atoms. The minimum Gasteiger partial charge on any atom is -0.341 e. The second kappa shape index (κ2) is 8.28. The third kappa shape index (κ3) is 8.01. The lowest BCUT2D eigenvalue weighted by molar-refractivity contribution is -0.141. The maximum absolute atomic E-state index is 12.1. The number of hydrogen-bond donors (Lipinski definition) is 1. The Bertz CT molecular complexity index is 116. The Morgan fingerprint density at radius 1 is 1.23 bits per heavy atom. The van der Waals surface area contributed by atoms with Crippen LogP contribution < -0.4 is 5.48 Å². The summed E-state index contributed by atoms with van der Waals surface area (Å²) in [5.74, 6) is 0. The highest BCUT2D eigenvalue weighted by atomic mass is 19.3. The van der Waals surface area contributed by atoms with Crippen molar-refractivity contribution < 1.29 is 22.7 Å². The molecule has 0 saturated heterocycles. The summed E-state index contributed by atoms with van der Waals surface area (Å²) >= 11 is 0. The number of hydrogen-bond acceptors (Lipinski definition) is 3. The average molecular weight is 201 g/mol. The number of alkyl halides is 3. The molecule has 0 aliphatic rings. The second-order valence-corrected chi connectivity index (χ2v) is 2.30. The quantitative estimate of drug-likeness (QED) is 0.476. The highest BCUT2D eigenvalue weighted by Gasteiger charge is 2.18. The third-order valence-corrected chi connectivity index (χ3v) is 1.11. The van der Waals surface area contributed by atoms with Crippen molar-refractivity contribution in [3.8, 4) is 0 Å². The molecule has 6 heteroatoms. The molecule has 0 aromatic carbocycles. The van der Waals surface area contributed by atoms with Crippen LogP contribution in [-0.4, -0.2) is 32.5 Å². The fourth-order valence-electron chi connectivity index (χ4n) is 0.522. The van der Waals surface area contributed by atoms with Crippen LogP contribution in [0.1, 0.15) is 13.3 Å². The summed E-state index contributed by atoms with van der Waals surface area (Å²) in [5, 5.41) is 0. The van der Waals surface area contributed by atoms with Crippen molar-refractivity contribution in [2.45, 2.75) is 26.1 Å². The Hall–Kier alpha value is -0.330. The van der Waals surface area contributed by atoms with E-state index in [0.717, 1.165) is 6.42 Å². The standard InChI is InChI=1S/C7H14F3NO2/c1-2-3-11-13-5-4-12-7(10)6(8)9/h6-7,11H,2-5H2,1H3. The van der Waals surface area contributed by atoms with Gasteiger partial charge in [-0.1, -0.05) is 6.92 Å². The Labute approximate surface area is 75.2 Å². The number of hydroxylamine groups is 1. The molecular weight excluding hydrogens is 187 g/mol. The first-order valence-electron chi connectivity index (χ1n) is 4.07. The number of rotatable bonds is 8. The van der Waals surface area contributed by atoms with Gasteiger partial charge in [0.15, 0.2) is 0 Å². The molecule has 0 heterocycles. The normalized spacial score (nSPS) is 13.6. The molecule has 1 N–H and O–H groups in total. The summed E-state index contributed by atoms with van der Waals surface area (Å²) < 4.78 is 39.2. The zero-order chi connectivity index (χ0) is 10.1. The van der Waals surface area contributed by atoms with Gasteiger partial charge >= 0.3 is 0 Å². The van der Waals surface area contributed by atoms with Crippen LogP contribution in [-0.2, 0) is 9.57 Å². The monoisotopic (exact) mass is 201 g/mol. The second-order valence-electron chi connectivity index (χ2n) is 2.30. The van der Waals surface area contributed by atoms with Gasteiger partial charge in [0, 0.05) is 6.54 Å². The van der Waals surface area contributed by atoms with Gasteiger partial charge in [-0.2, -0.15) is 0 Å². The lowest BCUT2D eigenvalue weighted by Gasteiger charge is -2.08. The topological polar surface area (TPSA) is 30.5 Å². The van der Waals surface area contributed by atoms with Crippen LogP contribution in [0, 0.1) is 0 Å². The zero-order valence-electron chi connectivity index (χ0n) is 7.43. The molecule has 0 saturated carbocycles. The van der Waals surface area contributed by atoms with E-state index in [1.807, 2.05) is 6.92 Å².